The van der Waals surface area contributed by atoms with E-state index in [9.17, 15) is 9.90 Å². The minimum atomic E-state index is -0.702. The molecule has 0 atom stereocenters. The molecule has 0 aromatic rings. The zero-order valence-electron chi connectivity index (χ0n) is 6.09. The summed E-state index contributed by atoms with van der Waals surface area (Å²) in [6, 6.07) is 0. The number of ether oxygens (including phenoxy) is 1. The molecule has 0 heterocycles. The predicted octanol–water partition coefficient (Wildman–Crippen LogP) is 0.465. The maximum absolute atomic E-state index is 10.7. The average molecular weight is 144 g/mol. The second-order valence-electron chi connectivity index (χ2n) is 2.71. The molecule has 0 aliphatic heterocycles. The van der Waals surface area contributed by atoms with Crippen LogP contribution in [0.15, 0.2) is 0 Å². The maximum Gasteiger partial charge on any atom is 0.308 e. The SMILES string of the molecule is CCOC(=O)CC1(O)CC1. The van der Waals surface area contributed by atoms with Crippen molar-refractivity contribution in [1.29, 1.82) is 0 Å². The van der Waals surface area contributed by atoms with Gasteiger partial charge in [0.2, 0.25) is 0 Å². The number of rotatable bonds is 3. The molecule has 1 fully saturated rings. The number of hydrogen-bond acceptors (Lipinski definition) is 3. The number of aliphatic hydroxyl groups is 1. The van der Waals surface area contributed by atoms with Crippen molar-refractivity contribution in [3.8, 4) is 0 Å². The van der Waals surface area contributed by atoms with Crippen LogP contribution < -0.4 is 0 Å². The van der Waals surface area contributed by atoms with Crippen LogP contribution in [0.4, 0.5) is 0 Å². The Kier molecular flexibility index (Phi) is 1.94. The molecule has 0 aromatic carbocycles. The van der Waals surface area contributed by atoms with E-state index in [-0.39, 0.29) is 12.4 Å². The molecule has 3 heteroatoms. The number of hydrogen-bond donors (Lipinski definition) is 1. The van der Waals surface area contributed by atoms with Gasteiger partial charge >= 0.3 is 5.97 Å². The van der Waals surface area contributed by atoms with E-state index in [0.717, 1.165) is 12.8 Å². The molecule has 10 heavy (non-hydrogen) atoms. The minimum absolute atomic E-state index is 0.167. The molecule has 1 aliphatic rings. The molecule has 1 N–H and O–H groups in total. The highest BCUT2D eigenvalue weighted by Crippen LogP contribution is 2.38. The van der Waals surface area contributed by atoms with Crippen molar-refractivity contribution in [2.75, 3.05) is 6.61 Å². The molecule has 0 saturated heterocycles. The van der Waals surface area contributed by atoms with Gasteiger partial charge in [-0.1, -0.05) is 0 Å². The first-order valence-corrected chi connectivity index (χ1v) is 3.54. The highest BCUT2D eigenvalue weighted by Gasteiger charge is 2.42. The Labute approximate surface area is 60.0 Å². The highest BCUT2D eigenvalue weighted by molar-refractivity contribution is 5.71. The van der Waals surface area contributed by atoms with Crippen molar-refractivity contribution < 1.29 is 14.6 Å². The second-order valence-corrected chi connectivity index (χ2v) is 2.71. The van der Waals surface area contributed by atoms with E-state index >= 15 is 0 Å². The summed E-state index contributed by atoms with van der Waals surface area (Å²) in [5.41, 5.74) is -0.702. The van der Waals surface area contributed by atoms with E-state index in [0.29, 0.717) is 6.61 Å². The fraction of sp³-hybridized carbons (Fsp3) is 0.857. The van der Waals surface area contributed by atoms with Gasteiger partial charge in [0.05, 0.1) is 18.6 Å². The van der Waals surface area contributed by atoms with Crippen molar-refractivity contribution in [1.82, 2.24) is 0 Å². The van der Waals surface area contributed by atoms with Crippen LogP contribution in [0.1, 0.15) is 26.2 Å². The monoisotopic (exact) mass is 144 g/mol. The van der Waals surface area contributed by atoms with Crippen molar-refractivity contribution in [2.24, 2.45) is 0 Å². The largest absolute Gasteiger partial charge is 0.466 e. The van der Waals surface area contributed by atoms with Crippen molar-refractivity contribution in [3.05, 3.63) is 0 Å². The third-order valence-corrected chi connectivity index (χ3v) is 1.61. The molecule has 0 unspecified atom stereocenters. The first kappa shape index (κ1) is 7.54. The van der Waals surface area contributed by atoms with Crippen molar-refractivity contribution in [3.63, 3.8) is 0 Å². The highest BCUT2D eigenvalue weighted by atomic mass is 16.5. The molecule has 0 aromatic heterocycles. The summed E-state index contributed by atoms with van der Waals surface area (Å²) in [6.45, 7) is 2.16. The third kappa shape index (κ3) is 1.99. The maximum atomic E-state index is 10.7. The summed E-state index contributed by atoms with van der Waals surface area (Å²) in [5.74, 6) is -0.289. The lowest BCUT2D eigenvalue weighted by Crippen LogP contribution is -2.16. The van der Waals surface area contributed by atoms with Crippen LogP contribution in [0.2, 0.25) is 0 Å². The molecule has 58 valence electrons. The molecular weight excluding hydrogens is 132 g/mol. The Hall–Kier alpha value is -0.570. The fourth-order valence-electron chi connectivity index (χ4n) is 0.802. The van der Waals surface area contributed by atoms with E-state index in [1.54, 1.807) is 6.92 Å². The van der Waals surface area contributed by atoms with E-state index in [1.807, 2.05) is 0 Å². The number of carbonyl (C=O) groups is 1. The van der Waals surface area contributed by atoms with E-state index in [4.69, 9.17) is 0 Å². The summed E-state index contributed by atoms with van der Waals surface area (Å²) < 4.78 is 4.66. The van der Waals surface area contributed by atoms with Crippen LogP contribution in [0.5, 0.6) is 0 Å². The molecule has 1 saturated carbocycles. The first-order chi connectivity index (χ1) is 4.66. The minimum Gasteiger partial charge on any atom is -0.466 e. The van der Waals surface area contributed by atoms with Crippen LogP contribution in [-0.2, 0) is 9.53 Å². The summed E-state index contributed by atoms with van der Waals surface area (Å²) in [6.07, 6.45) is 1.65. The van der Waals surface area contributed by atoms with Gasteiger partial charge < -0.3 is 9.84 Å². The molecule has 0 spiro atoms. The lowest BCUT2D eigenvalue weighted by molar-refractivity contribution is -0.145. The van der Waals surface area contributed by atoms with E-state index < -0.39 is 5.60 Å². The summed E-state index contributed by atoms with van der Waals surface area (Å²) in [7, 11) is 0. The van der Waals surface area contributed by atoms with Crippen molar-refractivity contribution >= 4 is 5.97 Å². The van der Waals surface area contributed by atoms with Crippen LogP contribution in [0.25, 0.3) is 0 Å². The molecular formula is C7H12O3. The van der Waals surface area contributed by atoms with Gasteiger partial charge in [-0.15, -0.1) is 0 Å². The predicted molar refractivity (Wildman–Crippen MR) is 35.4 cm³/mol. The Bertz CT molecular complexity index is 138. The van der Waals surface area contributed by atoms with Crippen molar-refractivity contribution in [2.45, 2.75) is 31.8 Å². The lowest BCUT2D eigenvalue weighted by Gasteiger charge is -2.05. The molecule has 0 radical (unpaired) electrons. The standard InChI is InChI=1S/C7H12O3/c1-2-10-6(8)5-7(9)3-4-7/h9H,2-5H2,1H3. The molecule has 0 amide bonds. The lowest BCUT2D eigenvalue weighted by atomic mass is 10.2. The number of esters is 1. The second kappa shape index (κ2) is 2.58. The zero-order valence-corrected chi connectivity index (χ0v) is 6.09. The third-order valence-electron chi connectivity index (χ3n) is 1.61. The smallest absolute Gasteiger partial charge is 0.308 e. The van der Waals surface area contributed by atoms with Gasteiger partial charge in [-0.05, 0) is 19.8 Å². The molecule has 0 bridgehead atoms. The van der Waals surface area contributed by atoms with Gasteiger partial charge in [0, 0.05) is 0 Å². The quantitative estimate of drug-likeness (QED) is 0.585. The van der Waals surface area contributed by atoms with Gasteiger partial charge in [0.1, 0.15) is 0 Å². The van der Waals surface area contributed by atoms with E-state index in [1.165, 1.54) is 0 Å². The van der Waals surface area contributed by atoms with Crippen LogP contribution >= 0.6 is 0 Å². The van der Waals surface area contributed by atoms with E-state index in [2.05, 4.69) is 4.74 Å². The molecule has 1 aliphatic carbocycles. The van der Waals surface area contributed by atoms with Gasteiger partial charge in [-0.3, -0.25) is 4.79 Å². The Balaban J connectivity index is 2.18. The van der Waals surface area contributed by atoms with Gasteiger partial charge in [0.25, 0.3) is 0 Å². The van der Waals surface area contributed by atoms with Crippen LogP contribution in [-0.4, -0.2) is 23.3 Å². The molecule has 1 rings (SSSR count). The topological polar surface area (TPSA) is 46.5 Å². The number of carbonyl (C=O) groups excluding carboxylic acids is 1. The van der Waals surface area contributed by atoms with Crippen LogP contribution in [0.3, 0.4) is 0 Å². The average Bonchev–Trinajstić information content (AvgIpc) is 2.48. The normalized spacial score (nSPS) is 20.2. The first-order valence-electron chi connectivity index (χ1n) is 3.54. The zero-order chi connectivity index (χ0) is 7.61. The Morgan fingerprint density at radius 2 is 2.30 bits per heavy atom. The van der Waals surface area contributed by atoms with Gasteiger partial charge in [-0.2, -0.15) is 0 Å². The van der Waals surface area contributed by atoms with Gasteiger partial charge in [0.15, 0.2) is 0 Å². The Morgan fingerprint density at radius 3 is 2.70 bits per heavy atom. The van der Waals surface area contributed by atoms with Crippen LogP contribution in [0, 0.1) is 0 Å². The summed E-state index contributed by atoms with van der Waals surface area (Å²) in [4.78, 5) is 10.7. The summed E-state index contributed by atoms with van der Waals surface area (Å²) >= 11 is 0. The fourth-order valence-corrected chi connectivity index (χ4v) is 0.802. The molecule has 3 nitrogen and oxygen atoms in total. The van der Waals surface area contributed by atoms with Gasteiger partial charge in [-0.25, -0.2) is 0 Å². The summed E-state index contributed by atoms with van der Waals surface area (Å²) in [5, 5.41) is 9.22. The Morgan fingerprint density at radius 1 is 1.70 bits per heavy atom.